The van der Waals surface area contributed by atoms with Crippen LogP contribution in [-0.4, -0.2) is 35.3 Å². The van der Waals surface area contributed by atoms with E-state index in [0.717, 1.165) is 35.8 Å². The van der Waals surface area contributed by atoms with Crippen molar-refractivity contribution in [3.05, 3.63) is 59.1 Å². The fourth-order valence-electron chi connectivity index (χ4n) is 2.93. The number of hydrogen-bond acceptors (Lipinski definition) is 4. The van der Waals surface area contributed by atoms with Crippen LogP contribution in [0, 0.1) is 0 Å². The van der Waals surface area contributed by atoms with E-state index in [2.05, 4.69) is 10.2 Å². The highest BCUT2D eigenvalue weighted by Crippen LogP contribution is 2.34. The summed E-state index contributed by atoms with van der Waals surface area (Å²) in [7, 11) is 1.56. The normalized spacial score (nSPS) is 14.7. The quantitative estimate of drug-likeness (QED) is 0.678. The zero-order chi connectivity index (χ0) is 19.2. The number of carbonyl (C=O) groups is 1. The summed E-state index contributed by atoms with van der Waals surface area (Å²) in [5.41, 5.74) is 1.54. The molecule has 1 amide bonds. The Bertz CT molecular complexity index is 811. The maximum absolute atomic E-state index is 13.0. The Kier molecular flexibility index (Phi) is 6.99. The highest BCUT2D eigenvalue weighted by molar-refractivity contribution is 8.23. The van der Waals surface area contributed by atoms with Crippen molar-refractivity contribution in [2.75, 3.05) is 25.5 Å². The van der Waals surface area contributed by atoms with E-state index in [-0.39, 0.29) is 5.91 Å². The number of thioether (sulfide) groups is 1. The summed E-state index contributed by atoms with van der Waals surface area (Å²) in [6, 6.07) is 14.9. The summed E-state index contributed by atoms with van der Waals surface area (Å²) in [6.45, 7) is 1.92. The summed E-state index contributed by atoms with van der Waals surface area (Å²) < 4.78 is 5.93. The van der Waals surface area contributed by atoms with E-state index in [1.165, 1.54) is 11.8 Å². The third-order valence-electron chi connectivity index (χ3n) is 4.34. The number of benzene rings is 2. The Morgan fingerprint density at radius 1 is 1.22 bits per heavy atom. The summed E-state index contributed by atoms with van der Waals surface area (Å²) in [5.74, 6) is 0.438. The van der Waals surface area contributed by atoms with Crippen molar-refractivity contribution in [2.45, 2.75) is 18.1 Å². The zero-order valence-electron chi connectivity index (χ0n) is 15.0. The van der Waals surface area contributed by atoms with Crippen LogP contribution in [0.1, 0.15) is 23.7 Å². The molecular formula is C20H21ClN2O2S2. The van der Waals surface area contributed by atoms with Gasteiger partial charge in [0.15, 0.2) is 0 Å². The van der Waals surface area contributed by atoms with Gasteiger partial charge in [0, 0.05) is 18.8 Å². The van der Waals surface area contributed by atoms with Crippen molar-refractivity contribution in [1.29, 1.82) is 0 Å². The van der Waals surface area contributed by atoms with Crippen LogP contribution in [-0.2, 0) is 4.79 Å². The van der Waals surface area contributed by atoms with Crippen LogP contribution in [0.3, 0.4) is 0 Å². The number of nitrogens with one attached hydrogen (secondary N) is 1. The molecule has 0 spiro atoms. The van der Waals surface area contributed by atoms with Gasteiger partial charge in [-0.25, -0.2) is 0 Å². The molecule has 142 valence electrons. The molecule has 1 atom stereocenters. The molecule has 0 bridgehead atoms. The molecule has 27 heavy (non-hydrogen) atoms. The number of anilines is 1. The lowest BCUT2D eigenvalue weighted by atomic mass is 10.1. The van der Waals surface area contributed by atoms with Crippen LogP contribution < -0.4 is 10.1 Å². The van der Waals surface area contributed by atoms with Crippen molar-refractivity contribution in [1.82, 2.24) is 4.90 Å². The van der Waals surface area contributed by atoms with Gasteiger partial charge >= 0.3 is 0 Å². The maximum Gasteiger partial charge on any atom is 0.242 e. The van der Waals surface area contributed by atoms with E-state index < -0.39 is 5.25 Å². The molecule has 2 aromatic rings. The molecule has 1 aliphatic heterocycles. The van der Waals surface area contributed by atoms with Crippen molar-refractivity contribution in [2.24, 2.45) is 0 Å². The minimum atomic E-state index is -0.430. The van der Waals surface area contributed by atoms with Gasteiger partial charge in [-0.1, -0.05) is 65.9 Å². The molecule has 0 aromatic heterocycles. The standard InChI is InChI=1S/C20H21ClN2O2S2/c1-25-17-10-9-15(13-16(17)21)22-19(24)18(14-7-3-2-4-8-14)27-20(26)23-11-5-6-12-23/h2-4,7-10,13,18H,5-6,11-12H2,1H3,(H,22,24)/t18-/m1/s1. The van der Waals surface area contributed by atoms with Crippen LogP contribution in [0.5, 0.6) is 5.75 Å². The summed E-state index contributed by atoms with van der Waals surface area (Å²) >= 11 is 13.2. The molecule has 1 aliphatic rings. The molecule has 4 nitrogen and oxygen atoms in total. The number of amides is 1. The van der Waals surface area contributed by atoms with Gasteiger partial charge in [0.2, 0.25) is 5.91 Å². The van der Waals surface area contributed by atoms with E-state index in [0.29, 0.717) is 16.5 Å². The van der Waals surface area contributed by atoms with Crippen molar-refractivity contribution >= 4 is 51.5 Å². The largest absolute Gasteiger partial charge is 0.495 e. The lowest BCUT2D eigenvalue weighted by molar-refractivity contribution is -0.115. The molecule has 0 saturated carbocycles. The highest BCUT2D eigenvalue weighted by atomic mass is 35.5. The van der Waals surface area contributed by atoms with Crippen molar-refractivity contribution in [3.63, 3.8) is 0 Å². The van der Waals surface area contributed by atoms with Gasteiger partial charge in [-0.2, -0.15) is 0 Å². The number of rotatable bonds is 5. The fraction of sp³-hybridized carbons (Fsp3) is 0.300. The lowest BCUT2D eigenvalue weighted by Gasteiger charge is -2.23. The molecule has 7 heteroatoms. The second-order valence-corrected chi connectivity index (χ2v) is 8.35. The Balaban J connectivity index is 1.78. The SMILES string of the molecule is COc1ccc(NC(=O)[C@H](SC(=S)N2CCCC2)c2ccccc2)cc1Cl. The van der Waals surface area contributed by atoms with E-state index in [9.17, 15) is 4.79 Å². The summed E-state index contributed by atoms with van der Waals surface area (Å²) in [6.07, 6.45) is 2.29. The van der Waals surface area contributed by atoms with E-state index in [4.69, 9.17) is 28.6 Å². The van der Waals surface area contributed by atoms with Crippen LogP contribution in [0.4, 0.5) is 5.69 Å². The average Bonchev–Trinajstić information content (AvgIpc) is 3.21. The first-order valence-corrected chi connectivity index (χ1v) is 10.4. The first-order chi connectivity index (χ1) is 13.1. The topological polar surface area (TPSA) is 41.6 Å². The minimum absolute atomic E-state index is 0.131. The minimum Gasteiger partial charge on any atom is -0.495 e. The molecule has 3 rings (SSSR count). The van der Waals surface area contributed by atoms with Crippen LogP contribution >= 0.6 is 35.6 Å². The number of hydrogen-bond donors (Lipinski definition) is 1. The van der Waals surface area contributed by atoms with Gasteiger partial charge in [0.25, 0.3) is 0 Å². The summed E-state index contributed by atoms with van der Waals surface area (Å²) in [5, 5.41) is 2.97. The lowest BCUT2D eigenvalue weighted by Crippen LogP contribution is -2.27. The summed E-state index contributed by atoms with van der Waals surface area (Å²) in [4.78, 5) is 15.2. The molecule has 2 aromatic carbocycles. The molecule has 1 N–H and O–H groups in total. The molecule has 1 saturated heterocycles. The number of halogens is 1. The van der Waals surface area contributed by atoms with Gasteiger partial charge < -0.3 is 15.0 Å². The Morgan fingerprint density at radius 2 is 1.93 bits per heavy atom. The first kappa shape index (κ1) is 20.0. The smallest absolute Gasteiger partial charge is 0.242 e. The zero-order valence-corrected chi connectivity index (χ0v) is 17.4. The monoisotopic (exact) mass is 420 g/mol. The fourth-order valence-corrected chi connectivity index (χ4v) is 4.65. The third kappa shape index (κ3) is 5.15. The van der Waals surface area contributed by atoms with Gasteiger partial charge in [-0.05, 0) is 36.6 Å². The number of methoxy groups -OCH3 is 1. The van der Waals surface area contributed by atoms with Gasteiger partial charge in [-0.3, -0.25) is 4.79 Å². The number of carbonyl (C=O) groups excluding carboxylic acids is 1. The second kappa shape index (κ2) is 9.44. The Labute approximate surface area is 174 Å². The second-order valence-electron chi connectivity index (χ2n) is 6.21. The number of ether oxygens (including phenoxy) is 1. The molecular weight excluding hydrogens is 400 g/mol. The number of nitrogens with zero attached hydrogens (tertiary/aromatic N) is 1. The molecule has 1 heterocycles. The molecule has 0 aliphatic carbocycles. The van der Waals surface area contributed by atoms with E-state index in [1.807, 2.05) is 30.3 Å². The molecule has 0 unspecified atom stereocenters. The third-order valence-corrected chi connectivity index (χ3v) is 6.37. The maximum atomic E-state index is 13.0. The van der Waals surface area contributed by atoms with Crippen LogP contribution in [0.15, 0.2) is 48.5 Å². The average molecular weight is 421 g/mol. The van der Waals surface area contributed by atoms with Crippen molar-refractivity contribution < 1.29 is 9.53 Å². The molecule has 1 fully saturated rings. The Morgan fingerprint density at radius 3 is 2.56 bits per heavy atom. The van der Waals surface area contributed by atoms with E-state index in [1.54, 1.807) is 25.3 Å². The number of thiocarbonyl (C=S) groups is 1. The number of likely N-dealkylation sites (tertiary alicyclic amines) is 1. The van der Waals surface area contributed by atoms with Crippen LogP contribution in [0.25, 0.3) is 0 Å². The van der Waals surface area contributed by atoms with Crippen molar-refractivity contribution in [3.8, 4) is 5.75 Å². The van der Waals surface area contributed by atoms with Gasteiger partial charge in [0.05, 0.1) is 12.1 Å². The first-order valence-electron chi connectivity index (χ1n) is 8.73. The Hall–Kier alpha value is -1.76. The predicted molar refractivity (Wildman–Crippen MR) is 117 cm³/mol. The van der Waals surface area contributed by atoms with Gasteiger partial charge in [-0.15, -0.1) is 0 Å². The molecule has 0 radical (unpaired) electrons. The van der Waals surface area contributed by atoms with E-state index >= 15 is 0 Å². The highest BCUT2D eigenvalue weighted by Gasteiger charge is 2.26. The van der Waals surface area contributed by atoms with Gasteiger partial charge in [0.1, 0.15) is 15.3 Å². The predicted octanol–water partition coefficient (Wildman–Crippen LogP) is 5.14. The van der Waals surface area contributed by atoms with Crippen LogP contribution in [0.2, 0.25) is 5.02 Å².